The Hall–Kier alpha value is -2.69. The van der Waals surface area contributed by atoms with Gasteiger partial charge >= 0.3 is 6.09 Å². The Morgan fingerprint density at radius 1 is 1.23 bits per heavy atom. The lowest BCUT2D eigenvalue weighted by atomic mass is 9.77. The molecule has 0 saturated carbocycles. The summed E-state index contributed by atoms with van der Waals surface area (Å²) >= 11 is 0. The average Bonchev–Trinajstić information content (AvgIpc) is 3.27. The normalized spacial score (nSPS) is 30.3. The monoisotopic (exact) mass is 493 g/mol. The van der Waals surface area contributed by atoms with Gasteiger partial charge in [0.2, 0.25) is 5.91 Å². The molecule has 3 saturated heterocycles. The number of carbonyl (C=O) groups excluding carboxylic acids is 4. The molecule has 0 bridgehead atoms. The van der Waals surface area contributed by atoms with Gasteiger partial charge in [-0.2, -0.15) is 0 Å². The lowest BCUT2D eigenvalue weighted by molar-refractivity contribution is -0.179. The summed E-state index contributed by atoms with van der Waals surface area (Å²) in [5, 5.41) is 0. The molecule has 0 aromatic heterocycles. The van der Waals surface area contributed by atoms with Crippen molar-refractivity contribution < 1.29 is 28.7 Å². The molecule has 11 nitrogen and oxygen atoms in total. The van der Waals surface area contributed by atoms with E-state index in [0.717, 1.165) is 0 Å². The van der Waals surface area contributed by atoms with Crippen LogP contribution in [0.3, 0.4) is 0 Å². The minimum atomic E-state index is -1.06. The van der Waals surface area contributed by atoms with Gasteiger partial charge in [-0.05, 0) is 61.3 Å². The zero-order chi connectivity index (χ0) is 26.5. The first kappa shape index (κ1) is 26.9. The first-order valence-corrected chi connectivity index (χ1v) is 12.1. The molecule has 3 aliphatic rings. The molecule has 3 fully saturated rings. The van der Waals surface area contributed by atoms with Crippen LogP contribution in [0.15, 0.2) is 4.99 Å². The summed E-state index contributed by atoms with van der Waals surface area (Å²) in [6, 6.07) is -1.30. The van der Waals surface area contributed by atoms with E-state index in [9.17, 15) is 19.2 Å². The number of ether oxygens (including phenoxy) is 2. The molecule has 3 rings (SSSR count). The summed E-state index contributed by atoms with van der Waals surface area (Å²) in [4.78, 5) is 62.6. The standard InChI is InChI=1S/C24H39N5O6/c1-15-18(29(23(6,7)34-15)21(33)35-22(3,4)5)19(31)28-12-10-11-24(28)16(2)27(20(24)32)13-17(30)25-14-26(8)9/h14-16,18H,10-13H2,1-9H3/t15-,16?,18+,24?/m1/s1. The van der Waals surface area contributed by atoms with Crippen LogP contribution in [0.2, 0.25) is 0 Å². The molecule has 0 aromatic carbocycles. The van der Waals surface area contributed by atoms with Crippen LogP contribution in [0.4, 0.5) is 4.79 Å². The van der Waals surface area contributed by atoms with Gasteiger partial charge < -0.3 is 24.2 Å². The number of amides is 4. The van der Waals surface area contributed by atoms with Crippen molar-refractivity contribution in [2.24, 2.45) is 4.99 Å². The molecule has 0 radical (unpaired) electrons. The Morgan fingerprint density at radius 3 is 2.40 bits per heavy atom. The number of nitrogens with zero attached hydrogens (tertiary/aromatic N) is 5. The Bertz CT molecular complexity index is 926. The van der Waals surface area contributed by atoms with Gasteiger partial charge in [-0.15, -0.1) is 0 Å². The molecule has 196 valence electrons. The van der Waals surface area contributed by atoms with Gasteiger partial charge in [-0.25, -0.2) is 9.79 Å². The highest BCUT2D eigenvalue weighted by atomic mass is 16.6. The summed E-state index contributed by atoms with van der Waals surface area (Å²) in [6.45, 7) is 12.6. The van der Waals surface area contributed by atoms with Crippen molar-refractivity contribution in [3.05, 3.63) is 0 Å². The lowest BCUT2D eigenvalue weighted by Crippen LogP contribution is -2.79. The smallest absolute Gasteiger partial charge is 0.413 e. The molecule has 0 aromatic rings. The van der Waals surface area contributed by atoms with E-state index in [1.165, 1.54) is 16.1 Å². The molecule has 4 atom stereocenters. The van der Waals surface area contributed by atoms with Gasteiger partial charge in [0.25, 0.3) is 11.8 Å². The largest absolute Gasteiger partial charge is 0.444 e. The maximum absolute atomic E-state index is 14.0. The molecule has 3 heterocycles. The summed E-state index contributed by atoms with van der Waals surface area (Å²) in [7, 11) is 3.50. The van der Waals surface area contributed by atoms with E-state index in [4.69, 9.17) is 9.47 Å². The predicted molar refractivity (Wildman–Crippen MR) is 129 cm³/mol. The molecule has 0 aliphatic carbocycles. The van der Waals surface area contributed by atoms with Gasteiger partial charge in [0.15, 0.2) is 0 Å². The molecule has 3 aliphatic heterocycles. The minimum absolute atomic E-state index is 0.145. The zero-order valence-corrected chi connectivity index (χ0v) is 22.3. The average molecular weight is 494 g/mol. The highest BCUT2D eigenvalue weighted by Gasteiger charge is 2.67. The van der Waals surface area contributed by atoms with Crippen LogP contribution in [0.5, 0.6) is 0 Å². The van der Waals surface area contributed by atoms with Crippen molar-refractivity contribution in [2.45, 2.75) is 96.4 Å². The van der Waals surface area contributed by atoms with E-state index < -0.39 is 41.0 Å². The van der Waals surface area contributed by atoms with Crippen LogP contribution in [-0.2, 0) is 23.9 Å². The SMILES string of the molecule is CC1N(CC(=O)N=CN(C)C)C(=O)C12CCCN2C(=O)[C@@H]1[C@@H](C)OC(C)(C)N1C(=O)OC(C)(C)C. The fraction of sp³-hybridized carbons (Fsp3) is 0.792. The molecular formula is C24H39N5O6. The molecule has 11 heteroatoms. The van der Waals surface area contributed by atoms with Crippen LogP contribution in [0.1, 0.15) is 61.3 Å². The Kier molecular flexibility index (Phi) is 6.97. The summed E-state index contributed by atoms with van der Waals surface area (Å²) in [5.41, 5.74) is -2.84. The Balaban J connectivity index is 1.84. The summed E-state index contributed by atoms with van der Waals surface area (Å²) < 4.78 is 11.6. The molecule has 2 unspecified atom stereocenters. The van der Waals surface area contributed by atoms with E-state index in [0.29, 0.717) is 19.4 Å². The van der Waals surface area contributed by atoms with Crippen LogP contribution >= 0.6 is 0 Å². The highest BCUT2D eigenvalue weighted by molar-refractivity contribution is 6.02. The minimum Gasteiger partial charge on any atom is -0.444 e. The van der Waals surface area contributed by atoms with Gasteiger partial charge in [-0.3, -0.25) is 19.3 Å². The predicted octanol–water partition coefficient (Wildman–Crippen LogP) is 1.46. The number of likely N-dealkylation sites (tertiary alicyclic amines) is 2. The first-order chi connectivity index (χ1) is 16.0. The summed E-state index contributed by atoms with van der Waals surface area (Å²) in [5.74, 6) is -1.04. The number of aliphatic imine (C=N–C) groups is 1. The first-order valence-electron chi connectivity index (χ1n) is 12.1. The fourth-order valence-corrected chi connectivity index (χ4v) is 5.41. The second-order valence-electron chi connectivity index (χ2n) is 11.3. The van der Waals surface area contributed by atoms with Gasteiger partial charge in [0.05, 0.1) is 18.5 Å². The summed E-state index contributed by atoms with van der Waals surface area (Å²) in [6.07, 6.45) is 1.32. The van der Waals surface area contributed by atoms with E-state index in [1.54, 1.807) is 65.4 Å². The second-order valence-corrected chi connectivity index (χ2v) is 11.3. The van der Waals surface area contributed by atoms with Gasteiger partial charge in [0, 0.05) is 20.6 Å². The van der Waals surface area contributed by atoms with Crippen LogP contribution in [0, 0.1) is 0 Å². The van der Waals surface area contributed by atoms with Crippen molar-refractivity contribution in [3.8, 4) is 0 Å². The number of carbonyl (C=O) groups is 4. The number of rotatable bonds is 4. The third-order valence-corrected chi connectivity index (χ3v) is 6.84. The quantitative estimate of drug-likeness (QED) is 0.331. The topological polar surface area (TPSA) is 112 Å². The van der Waals surface area contributed by atoms with Crippen molar-refractivity contribution >= 4 is 30.2 Å². The number of hydrogen-bond donors (Lipinski definition) is 0. The van der Waals surface area contributed by atoms with Crippen molar-refractivity contribution in [1.29, 1.82) is 0 Å². The maximum Gasteiger partial charge on any atom is 0.413 e. The number of hydrogen-bond acceptors (Lipinski definition) is 6. The van der Waals surface area contributed by atoms with E-state index >= 15 is 0 Å². The second kappa shape index (κ2) is 9.07. The molecule has 4 amide bonds. The van der Waals surface area contributed by atoms with Gasteiger partial charge in [-0.1, -0.05) is 0 Å². The third-order valence-electron chi connectivity index (χ3n) is 6.84. The van der Waals surface area contributed by atoms with E-state index in [1.807, 2.05) is 6.92 Å². The molecular weight excluding hydrogens is 454 g/mol. The molecule has 0 N–H and O–H groups in total. The van der Waals surface area contributed by atoms with Crippen molar-refractivity contribution in [3.63, 3.8) is 0 Å². The number of β-lactam (4-membered cyclic amide) rings is 1. The Morgan fingerprint density at radius 2 is 1.86 bits per heavy atom. The fourth-order valence-electron chi connectivity index (χ4n) is 5.41. The molecule has 1 spiro atoms. The van der Waals surface area contributed by atoms with Crippen LogP contribution in [0.25, 0.3) is 0 Å². The van der Waals surface area contributed by atoms with Crippen LogP contribution in [-0.4, -0.2) is 112 Å². The highest BCUT2D eigenvalue weighted by Crippen LogP contribution is 2.46. The Labute approximate surface area is 207 Å². The van der Waals surface area contributed by atoms with Crippen molar-refractivity contribution in [1.82, 2.24) is 19.6 Å². The van der Waals surface area contributed by atoms with E-state index in [2.05, 4.69) is 4.99 Å². The maximum atomic E-state index is 14.0. The zero-order valence-electron chi connectivity index (χ0n) is 22.3. The van der Waals surface area contributed by atoms with Crippen LogP contribution < -0.4 is 0 Å². The molecule has 35 heavy (non-hydrogen) atoms. The van der Waals surface area contributed by atoms with E-state index in [-0.39, 0.29) is 24.4 Å². The lowest BCUT2D eigenvalue weighted by Gasteiger charge is -2.56. The third kappa shape index (κ3) is 4.74. The van der Waals surface area contributed by atoms with Crippen molar-refractivity contribution in [2.75, 3.05) is 27.2 Å². The van der Waals surface area contributed by atoms with Gasteiger partial charge in [0.1, 0.15) is 29.5 Å².